The summed E-state index contributed by atoms with van der Waals surface area (Å²) in [5.41, 5.74) is 3.61. The minimum Gasteiger partial charge on any atom is -0.394 e. The average Bonchev–Trinajstić information content (AvgIpc) is 2.86. The summed E-state index contributed by atoms with van der Waals surface area (Å²) in [6.07, 6.45) is 2.27. The van der Waals surface area contributed by atoms with E-state index in [0.29, 0.717) is 12.6 Å². The molecule has 0 unspecified atom stereocenters. The van der Waals surface area contributed by atoms with Crippen LogP contribution in [-0.2, 0) is 13.1 Å². The second kappa shape index (κ2) is 7.81. The number of anilines is 1. The van der Waals surface area contributed by atoms with Crippen molar-refractivity contribution in [3.63, 3.8) is 0 Å². The summed E-state index contributed by atoms with van der Waals surface area (Å²) in [7, 11) is 0. The summed E-state index contributed by atoms with van der Waals surface area (Å²) in [4.78, 5) is 2.52. The average molecular weight is 328 g/mol. The van der Waals surface area contributed by atoms with Crippen molar-refractivity contribution in [3.8, 4) is 0 Å². The van der Waals surface area contributed by atoms with E-state index in [1.807, 2.05) is 11.6 Å². The molecule has 1 aromatic heterocycles. The molecule has 0 amide bonds. The second-order valence-electron chi connectivity index (χ2n) is 6.69. The topological polar surface area (TPSA) is 53.3 Å². The van der Waals surface area contributed by atoms with Crippen LogP contribution in [0.4, 0.5) is 5.82 Å². The molecule has 2 N–H and O–H groups in total. The van der Waals surface area contributed by atoms with Crippen LogP contribution in [0.2, 0.25) is 0 Å². The standard InChI is InChI=1S/C19H28N4O/c1-15-16(2)21-23(12-13-24)19(15)20-18-8-10-22(11-9-18)14-17-6-4-3-5-7-17/h3-7,18,20,24H,8-14H2,1-2H3. The molecule has 0 atom stereocenters. The van der Waals surface area contributed by atoms with Crippen molar-refractivity contribution in [2.45, 2.75) is 45.8 Å². The van der Waals surface area contributed by atoms with Gasteiger partial charge in [0.2, 0.25) is 0 Å². The maximum Gasteiger partial charge on any atom is 0.127 e. The Hall–Kier alpha value is -1.85. The minimum atomic E-state index is 0.116. The largest absolute Gasteiger partial charge is 0.394 e. The Kier molecular flexibility index (Phi) is 5.53. The van der Waals surface area contributed by atoms with E-state index in [-0.39, 0.29) is 6.61 Å². The fourth-order valence-corrected chi connectivity index (χ4v) is 3.38. The molecule has 3 rings (SSSR count). The number of piperidine rings is 1. The molecule has 1 aliphatic rings. The van der Waals surface area contributed by atoms with E-state index in [1.54, 1.807) is 0 Å². The fraction of sp³-hybridized carbons (Fsp3) is 0.526. The lowest BCUT2D eigenvalue weighted by molar-refractivity contribution is 0.210. The second-order valence-corrected chi connectivity index (χ2v) is 6.69. The SMILES string of the molecule is Cc1nn(CCO)c(NC2CCN(Cc3ccccc3)CC2)c1C. The van der Waals surface area contributed by atoms with Crippen LogP contribution in [0, 0.1) is 13.8 Å². The highest BCUT2D eigenvalue weighted by atomic mass is 16.3. The highest BCUT2D eigenvalue weighted by molar-refractivity contribution is 5.47. The maximum absolute atomic E-state index is 9.23. The molecule has 24 heavy (non-hydrogen) atoms. The van der Waals surface area contributed by atoms with Crippen LogP contribution in [0.5, 0.6) is 0 Å². The predicted octanol–water partition coefficient (Wildman–Crippen LogP) is 2.57. The Morgan fingerprint density at radius 2 is 1.88 bits per heavy atom. The smallest absolute Gasteiger partial charge is 0.127 e. The van der Waals surface area contributed by atoms with Crippen molar-refractivity contribution in [3.05, 3.63) is 47.2 Å². The van der Waals surface area contributed by atoms with E-state index in [0.717, 1.165) is 44.0 Å². The monoisotopic (exact) mass is 328 g/mol. The Labute approximate surface area is 144 Å². The third-order valence-electron chi connectivity index (χ3n) is 4.92. The molecule has 5 heteroatoms. The van der Waals surface area contributed by atoms with Gasteiger partial charge in [-0.1, -0.05) is 30.3 Å². The van der Waals surface area contributed by atoms with Gasteiger partial charge in [0.05, 0.1) is 18.8 Å². The van der Waals surface area contributed by atoms with E-state index in [4.69, 9.17) is 0 Å². The Balaban J connectivity index is 1.56. The Morgan fingerprint density at radius 1 is 1.17 bits per heavy atom. The summed E-state index contributed by atoms with van der Waals surface area (Å²) in [6, 6.07) is 11.2. The van der Waals surface area contributed by atoms with Gasteiger partial charge in [-0.05, 0) is 32.3 Å². The zero-order chi connectivity index (χ0) is 16.9. The van der Waals surface area contributed by atoms with Crippen LogP contribution in [0.25, 0.3) is 0 Å². The number of aryl methyl sites for hydroxylation is 1. The van der Waals surface area contributed by atoms with Crippen molar-refractivity contribution in [2.75, 3.05) is 25.0 Å². The summed E-state index contributed by atoms with van der Waals surface area (Å²) < 4.78 is 1.90. The number of aliphatic hydroxyl groups excluding tert-OH is 1. The van der Waals surface area contributed by atoms with E-state index in [1.165, 1.54) is 11.1 Å². The third kappa shape index (κ3) is 3.97. The summed E-state index contributed by atoms with van der Waals surface area (Å²) in [5.74, 6) is 1.07. The lowest BCUT2D eigenvalue weighted by Gasteiger charge is -2.33. The first-order chi connectivity index (χ1) is 11.7. The molecule has 0 spiro atoms. The van der Waals surface area contributed by atoms with Crippen LogP contribution in [0.1, 0.15) is 29.7 Å². The van der Waals surface area contributed by atoms with E-state index in [9.17, 15) is 5.11 Å². The number of nitrogens with zero attached hydrogens (tertiary/aromatic N) is 3. The quantitative estimate of drug-likeness (QED) is 0.856. The molecule has 0 aliphatic carbocycles. The lowest BCUT2D eigenvalue weighted by Crippen LogP contribution is -2.39. The molecule has 1 aliphatic heterocycles. The number of benzene rings is 1. The molecule has 0 bridgehead atoms. The molecule has 5 nitrogen and oxygen atoms in total. The van der Waals surface area contributed by atoms with Crippen molar-refractivity contribution >= 4 is 5.82 Å². The number of nitrogens with one attached hydrogen (secondary N) is 1. The first-order valence-electron chi connectivity index (χ1n) is 8.85. The van der Waals surface area contributed by atoms with Crippen LogP contribution in [-0.4, -0.2) is 45.5 Å². The van der Waals surface area contributed by atoms with Gasteiger partial charge in [-0.2, -0.15) is 5.10 Å². The zero-order valence-corrected chi connectivity index (χ0v) is 14.7. The van der Waals surface area contributed by atoms with E-state index in [2.05, 4.69) is 52.6 Å². The normalized spacial score (nSPS) is 16.5. The molecule has 1 saturated heterocycles. The van der Waals surface area contributed by atoms with Crippen molar-refractivity contribution in [1.29, 1.82) is 0 Å². The van der Waals surface area contributed by atoms with Crippen LogP contribution in [0.15, 0.2) is 30.3 Å². The molecule has 1 aromatic carbocycles. The molecule has 2 heterocycles. The van der Waals surface area contributed by atoms with Gasteiger partial charge >= 0.3 is 0 Å². The van der Waals surface area contributed by atoms with E-state index < -0.39 is 0 Å². The van der Waals surface area contributed by atoms with Crippen molar-refractivity contribution in [1.82, 2.24) is 14.7 Å². The number of aromatic nitrogens is 2. The predicted molar refractivity (Wildman–Crippen MR) is 97.2 cm³/mol. The summed E-state index contributed by atoms with van der Waals surface area (Å²) in [6.45, 7) is 8.04. The van der Waals surface area contributed by atoms with Gasteiger partial charge in [-0.15, -0.1) is 0 Å². The van der Waals surface area contributed by atoms with Gasteiger partial charge in [-0.3, -0.25) is 4.90 Å². The maximum atomic E-state index is 9.23. The van der Waals surface area contributed by atoms with Gasteiger partial charge in [0, 0.05) is 31.2 Å². The Bertz CT molecular complexity index is 645. The van der Waals surface area contributed by atoms with Crippen molar-refractivity contribution < 1.29 is 5.11 Å². The zero-order valence-electron chi connectivity index (χ0n) is 14.7. The highest BCUT2D eigenvalue weighted by Crippen LogP contribution is 2.23. The van der Waals surface area contributed by atoms with Gasteiger partial charge < -0.3 is 10.4 Å². The molecule has 130 valence electrons. The first-order valence-corrected chi connectivity index (χ1v) is 8.85. The Morgan fingerprint density at radius 3 is 2.54 bits per heavy atom. The fourth-order valence-electron chi connectivity index (χ4n) is 3.38. The minimum absolute atomic E-state index is 0.116. The van der Waals surface area contributed by atoms with Gasteiger partial charge in [0.1, 0.15) is 5.82 Å². The van der Waals surface area contributed by atoms with Gasteiger partial charge in [0.15, 0.2) is 0 Å². The van der Waals surface area contributed by atoms with Gasteiger partial charge in [-0.25, -0.2) is 4.68 Å². The molecular formula is C19H28N4O. The molecule has 2 aromatic rings. The highest BCUT2D eigenvalue weighted by Gasteiger charge is 2.21. The lowest BCUT2D eigenvalue weighted by atomic mass is 10.0. The van der Waals surface area contributed by atoms with Crippen LogP contribution >= 0.6 is 0 Å². The van der Waals surface area contributed by atoms with Gasteiger partial charge in [0.25, 0.3) is 0 Å². The molecule has 1 fully saturated rings. The van der Waals surface area contributed by atoms with E-state index >= 15 is 0 Å². The number of hydrogen-bond donors (Lipinski definition) is 2. The summed E-state index contributed by atoms with van der Waals surface area (Å²) in [5, 5.41) is 17.4. The van der Waals surface area contributed by atoms with Crippen molar-refractivity contribution in [2.24, 2.45) is 0 Å². The number of rotatable bonds is 6. The molecular weight excluding hydrogens is 300 g/mol. The number of aliphatic hydroxyl groups is 1. The summed E-state index contributed by atoms with van der Waals surface area (Å²) >= 11 is 0. The number of hydrogen-bond acceptors (Lipinski definition) is 4. The third-order valence-corrected chi connectivity index (χ3v) is 4.92. The van der Waals surface area contributed by atoms with Crippen LogP contribution in [0.3, 0.4) is 0 Å². The first kappa shape index (κ1) is 17.0. The molecule has 0 saturated carbocycles. The van der Waals surface area contributed by atoms with Crippen LogP contribution < -0.4 is 5.32 Å². The number of likely N-dealkylation sites (tertiary alicyclic amines) is 1. The molecule has 0 radical (unpaired) electrons.